The Bertz CT molecular complexity index is 669. The van der Waals surface area contributed by atoms with Gasteiger partial charge in [-0.15, -0.1) is 5.10 Å². The quantitative estimate of drug-likeness (QED) is 0.911. The van der Waals surface area contributed by atoms with Crippen LogP contribution < -0.4 is 0 Å². The second kappa shape index (κ2) is 5.64. The van der Waals surface area contributed by atoms with E-state index in [0.717, 1.165) is 38.6 Å². The van der Waals surface area contributed by atoms with Crippen LogP contribution in [0.5, 0.6) is 0 Å². The topological polar surface area (TPSA) is 91.9 Å². The first-order valence-corrected chi connectivity index (χ1v) is 9.82. The van der Waals surface area contributed by atoms with Gasteiger partial charge < -0.3 is 4.90 Å². The molecule has 1 amide bonds. The van der Waals surface area contributed by atoms with Crippen LogP contribution in [0.4, 0.5) is 0 Å². The van der Waals surface area contributed by atoms with Gasteiger partial charge in [-0.3, -0.25) is 14.3 Å². The van der Waals surface area contributed by atoms with Crippen LogP contribution >= 0.6 is 0 Å². The molecule has 122 valence electrons. The zero-order valence-electron chi connectivity index (χ0n) is 13.0. The molecule has 1 aromatic heterocycles. The van der Waals surface area contributed by atoms with Crippen LogP contribution in [0.15, 0.2) is 6.20 Å². The molecule has 2 unspecified atom stereocenters. The van der Waals surface area contributed by atoms with Crippen molar-refractivity contribution in [2.24, 2.45) is 0 Å². The van der Waals surface area contributed by atoms with Gasteiger partial charge in [-0.05, 0) is 32.1 Å². The van der Waals surface area contributed by atoms with Gasteiger partial charge in [0, 0.05) is 28.6 Å². The second-order valence-corrected chi connectivity index (χ2v) is 8.74. The number of aryl methyl sites for hydroxylation is 1. The molecule has 8 heteroatoms. The Morgan fingerprint density at radius 3 is 2.95 bits per heavy atom. The number of likely N-dealkylation sites (tertiary alicyclic amines) is 1. The Morgan fingerprint density at radius 2 is 2.23 bits per heavy atom. The van der Waals surface area contributed by atoms with Crippen LogP contribution in [0.3, 0.4) is 0 Å². The molecule has 2 aliphatic rings. The van der Waals surface area contributed by atoms with Gasteiger partial charge in [0.15, 0.2) is 5.69 Å². The summed E-state index contributed by atoms with van der Waals surface area (Å²) >= 11 is 0. The van der Waals surface area contributed by atoms with E-state index in [1.807, 2.05) is 11.8 Å². The van der Waals surface area contributed by atoms with Gasteiger partial charge in [0.1, 0.15) is 0 Å². The lowest BCUT2D eigenvalue weighted by molar-refractivity contribution is 0.0602. The van der Waals surface area contributed by atoms with Crippen LogP contribution in [0.2, 0.25) is 0 Å². The highest BCUT2D eigenvalue weighted by Gasteiger charge is 2.47. The van der Waals surface area contributed by atoms with Crippen molar-refractivity contribution in [3.8, 4) is 0 Å². The third-order valence-corrected chi connectivity index (χ3v) is 6.62. The maximum Gasteiger partial charge on any atom is 0.276 e. The van der Waals surface area contributed by atoms with E-state index in [1.54, 1.807) is 10.9 Å². The predicted octanol–water partition coefficient (Wildman–Crippen LogP) is 1.50. The third-order valence-electron chi connectivity index (χ3n) is 4.67. The van der Waals surface area contributed by atoms with Gasteiger partial charge in [0.05, 0.1) is 17.5 Å². The van der Waals surface area contributed by atoms with Gasteiger partial charge in [0.2, 0.25) is 0 Å². The largest absolute Gasteiger partial charge is 0.331 e. The van der Waals surface area contributed by atoms with E-state index in [0.29, 0.717) is 23.7 Å². The Kier molecular flexibility index (Phi) is 3.96. The minimum Gasteiger partial charge on any atom is -0.331 e. The first-order chi connectivity index (χ1) is 10.5. The van der Waals surface area contributed by atoms with Gasteiger partial charge in [-0.2, -0.15) is 0 Å². The maximum absolute atomic E-state index is 12.8. The molecule has 1 spiro atoms. The molecular weight excluding hydrogens is 302 g/mol. The van der Waals surface area contributed by atoms with Crippen molar-refractivity contribution in [2.45, 2.75) is 51.1 Å². The predicted molar refractivity (Wildman–Crippen MR) is 83.1 cm³/mol. The van der Waals surface area contributed by atoms with E-state index in [9.17, 15) is 9.00 Å². The molecule has 22 heavy (non-hydrogen) atoms. The van der Waals surface area contributed by atoms with Gasteiger partial charge in [-0.25, -0.2) is 4.21 Å². The van der Waals surface area contributed by atoms with Crippen molar-refractivity contribution < 1.29 is 9.00 Å². The van der Waals surface area contributed by atoms with Crippen LogP contribution in [0.1, 0.15) is 49.5 Å². The Balaban J connectivity index is 1.84. The highest BCUT2D eigenvalue weighted by atomic mass is 32.2. The van der Waals surface area contributed by atoms with E-state index < -0.39 is 15.3 Å². The van der Waals surface area contributed by atoms with Crippen LogP contribution in [0, 0.1) is 4.78 Å². The molecule has 2 aliphatic heterocycles. The Morgan fingerprint density at radius 1 is 1.45 bits per heavy atom. The fourth-order valence-electron chi connectivity index (χ4n) is 3.75. The molecule has 0 saturated carbocycles. The number of carbonyl (C=O) groups is 1. The SMILES string of the molecule is CCCn1cc(C(=O)N2CCCC23CCCS(=N)(=O)C3)nn1. The summed E-state index contributed by atoms with van der Waals surface area (Å²) in [6.45, 7) is 3.45. The molecule has 0 aliphatic carbocycles. The van der Waals surface area contributed by atoms with Crippen molar-refractivity contribution in [1.29, 1.82) is 4.78 Å². The summed E-state index contributed by atoms with van der Waals surface area (Å²) < 4.78 is 21.9. The minimum absolute atomic E-state index is 0.128. The smallest absolute Gasteiger partial charge is 0.276 e. The van der Waals surface area contributed by atoms with Crippen molar-refractivity contribution in [1.82, 2.24) is 19.9 Å². The highest BCUT2D eigenvalue weighted by Crippen LogP contribution is 2.39. The average molecular weight is 325 g/mol. The monoisotopic (exact) mass is 325 g/mol. The fraction of sp³-hybridized carbons (Fsp3) is 0.786. The Labute approximate surface area is 131 Å². The number of amides is 1. The second-order valence-electron chi connectivity index (χ2n) is 6.42. The normalized spacial score (nSPS) is 31.8. The molecular formula is C14H23N5O2S. The van der Waals surface area contributed by atoms with E-state index >= 15 is 0 Å². The lowest BCUT2D eigenvalue weighted by Crippen LogP contribution is -2.54. The summed E-state index contributed by atoms with van der Waals surface area (Å²) in [6, 6.07) is 0. The highest BCUT2D eigenvalue weighted by molar-refractivity contribution is 7.92. The number of carbonyl (C=O) groups excluding carboxylic acids is 1. The molecule has 3 rings (SSSR count). The summed E-state index contributed by atoms with van der Waals surface area (Å²) in [7, 11) is -2.56. The lowest BCUT2D eigenvalue weighted by Gasteiger charge is -2.41. The summed E-state index contributed by atoms with van der Waals surface area (Å²) in [6.07, 6.45) is 5.98. The Hall–Kier alpha value is -1.44. The lowest BCUT2D eigenvalue weighted by atomic mass is 9.92. The van der Waals surface area contributed by atoms with Gasteiger partial charge in [-0.1, -0.05) is 12.1 Å². The fourth-order valence-corrected chi connectivity index (χ4v) is 5.82. The molecule has 3 heterocycles. The molecule has 2 atom stereocenters. The molecule has 7 nitrogen and oxygen atoms in total. The van der Waals surface area contributed by atoms with Gasteiger partial charge in [0.25, 0.3) is 5.91 Å². The zero-order chi connectivity index (χ0) is 15.8. The molecule has 2 saturated heterocycles. The van der Waals surface area contributed by atoms with E-state index in [1.165, 1.54) is 0 Å². The van der Waals surface area contributed by atoms with Crippen molar-refractivity contribution in [2.75, 3.05) is 18.1 Å². The van der Waals surface area contributed by atoms with Crippen LogP contribution in [-0.2, 0) is 16.3 Å². The number of nitrogens with zero attached hydrogens (tertiary/aromatic N) is 4. The summed E-state index contributed by atoms with van der Waals surface area (Å²) in [4.78, 5) is 14.6. The number of hydrogen-bond donors (Lipinski definition) is 1. The van der Waals surface area contributed by atoms with E-state index in [2.05, 4.69) is 10.3 Å². The zero-order valence-corrected chi connectivity index (χ0v) is 13.8. The maximum atomic E-state index is 12.8. The third kappa shape index (κ3) is 2.76. The molecule has 0 aromatic carbocycles. The average Bonchev–Trinajstić information content (AvgIpc) is 3.05. The summed E-state index contributed by atoms with van der Waals surface area (Å²) in [5, 5.41) is 7.98. The van der Waals surface area contributed by atoms with Crippen LogP contribution in [0.25, 0.3) is 0 Å². The number of aromatic nitrogens is 3. The molecule has 0 radical (unpaired) electrons. The number of nitrogens with one attached hydrogen (secondary N) is 1. The van der Waals surface area contributed by atoms with Crippen molar-refractivity contribution >= 4 is 15.6 Å². The standard InChI is InChI=1S/C14H23N5O2S/c1-2-7-18-10-12(16-17-18)13(20)19-8-3-5-14(19)6-4-9-22(15,21)11-14/h10,15H,2-9,11H2,1H3. The molecule has 1 N–H and O–H groups in total. The van der Waals surface area contributed by atoms with E-state index in [-0.39, 0.29) is 5.91 Å². The number of hydrogen-bond acceptors (Lipinski definition) is 5. The minimum atomic E-state index is -2.56. The molecule has 1 aromatic rings. The summed E-state index contributed by atoms with van der Waals surface area (Å²) in [5.41, 5.74) is -0.0420. The molecule has 0 bridgehead atoms. The van der Waals surface area contributed by atoms with E-state index in [4.69, 9.17) is 4.78 Å². The first-order valence-electron chi connectivity index (χ1n) is 7.92. The number of rotatable bonds is 3. The van der Waals surface area contributed by atoms with Crippen molar-refractivity contribution in [3.05, 3.63) is 11.9 Å². The van der Waals surface area contributed by atoms with Crippen LogP contribution in [-0.4, -0.2) is 53.6 Å². The summed E-state index contributed by atoms with van der Waals surface area (Å²) in [5.74, 6) is 0.648. The molecule has 2 fully saturated rings. The van der Waals surface area contributed by atoms with Gasteiger partial charge >= 0.3 is 0 Å². The first kappa shape index (κ1) is 15.5. The van der Waals surface area contributed by atoms with Crippen molar-refractivity contribution in [3.63, 3.8) is 0 Å².